The highest BCUT2D eigenvalue weighted by Crippen LogP contribution is 2.22. The van der Waals surface area contributed by atoms with Crippen LogP contribution in [0, 0.1) is 0 Å². The van der Waals surface area contributed by atoms with E-state index in [1.807, 2.05) is 0 Å². The molecular weight excluding hydrogens is 258 g/mol. The molecule has 0 aliphatic heterocycles. The summed E-state index contributed by atoms with van der Waals surface area (Å²) in [6, 6.07) is 3.21. The smallest absolute Gasteiger partial charge is 0.342 e. The molecule has 0 unspecified atom stereocenters. The Morgan fingerprint density at radius 1 is 1.20 bits per heavy atom. The molecule has 80 valence electrons. The fraction of sp³-hybridized carbons (Fsp3) is 0. The molecule has 0 fully saturated rings. The van der Waals surface area contributed by atoms with Crippen molar-refractivity contribution in [3.8, 4) is 10.3 Å². The molecule has 0 N–H and O–H groups in total. The van der Waals surface area contributed by atoms with Gasteiger partial charge in [0.2, 0.25) is 0 Å². The molecule has 2 rings (SSSR count). The van der Waals surface area contributed by atoms with Crippen molar-refractivity contribution in [3.05, 3.63) is 29.1 Å². The zero-order valence-corrected chi connectivity index (χ0v) is 9.64. The molecule has 15 heavy (non-hydrogen) atoms. The monoisotopic (exact) mass is 263 g/mol. The average molecular weight is 263 g/mol. The van der Waals surface area contributed by atoms with Gasteiger partial charge in [-0.15, -0.1) is 19.8 Å². The average Bonchev–Trinajstić information content (AvgIpc) is 2.75. The Kier molecular flexibility index (Phi) is 2.89. The minimum atomic E-state index is -4.07. The molecule has 5 nitrogen and oxygen atoms in total. The number of hydrogen-bond acceptors (Lipinski definition) is 7. The van der Waals surface area contributed by atoms with E-state index < -0.39 is 10.4 Å². The number of nitrogens with zero attached hydrogens (tertiary/aromatic N) is 1. The summed E-state index contributed by atoms with van der Waals surface area (Å²) in [7, 11) is -4.07. The van der Waals surface area contributed by atoms with Crippen LogP contribution in [0.4, 0.5) is 0 Å². The van der Waals surface area contributed by atoms with Gasteiger partial charge in [0.15, 0.2) is 5.06 Å². The lowest BCUT2D eigenvalue weighted by atomic mass is 10.7. The zero-order valence-electron chi connectivity index (χ0n) is 7.19. The highest BCUT2D eigenvalue weighted by molar-refractivity contribution is 7.82. The van der Waals surface area contributed by atoms with Gasteiger partial charge in [0, 0.05) is 11.6 Å². The summed E-state index contributed by atoms with van der Waals surface area (Å²) in [6.45, 7) is 0. The molecule has 2 aromatic rings. The van der Waals surface area contributed by atoms with Gasteiger partial charge in [0.05, 0.1) is 0 Å². The number of aromatic nitrogens is 1. The van der Waals surface area contributed by atoms with E-state index in [-0.39, 0.29) is 10.3 Å². The first-order valence-electron chi connectivity index (χ1n) is 3.73. The van der Waals surface area contributed by atoms with Crippen molar-refractivity contribution in [2.75, 3.05) is 0 Å². The van der Waals surface area contributed by atoms with Crippen molar-refractivity contribution in [2.24, 2.45) is 0 Å². The summed E-state index contributed by atoms with van der Waals surface area (Å²) < 4.78 is 31.8. The topological polar surface area (TPSA) is 65.5 Å². The summed E-state index contributed by atoms with van der Waals surface area (Å²) in [4.78, 5) is 3.67. The predicted octanol–water partition coefficient (Wildman–Crippen LogP) is 1.91. The Bertz CT molecular complexity index is 460. The molecule has 0 amide bonds. The molecule has 0 aliphatic rings. The van der Waals surface area contributed by atoms with Crippen LogP contribution in [0.15, 0.2) is 29.1 Å². The molecular formula is C7H5NO4S3. The fourth-order valence-corrected chi connectivity index (χ4v) is 2.90. The van der Waals surface area contributed by atoms with Crippen LogP contribution in [-0.2, 0) is 10.4 Å². The normalized spacial score (nSPS) is 11.2. The summed E-state index contributed by atoms with van der Waals surface area (Å²) in [5, 5.41) is 3.60. The molecule has 0 bridgehead atoms. The number of rotatable bonds is 4. The van der Waals surface area contributed by atoms with Crippen molar-refractivity contribution in [2.45, 2.75) is 0 Å². The lowest BCUT2D eigenvalue weighted by molar-refractivity contribution is 0.395. The standard InChI is InChI=1S/C7H5NO4S3/c9-15(10,11-6-2-1-4-13-6)12-7-8-3-5-14-7/h1-5H. The van der Waals surface area contributed by atoms with E-state index in [0.717, 1.165) is 22.7 Å². The second-order valence-electron chi connectivity index (χ2n) is 2.31. The molecule has 2 heterocycles. The molecule has 0 saturated heterocycles. The summed E-state index contributed by atoms with van der Waals surface area (Å²) in [5.41, 5.74) is 0. The number of thiophene rings is 1. The molecule has 0 saturated carbocycles. The first-order chi connectivity index (χ1) is 7.16. The minimum Gasteiger partial charge on any atom is -0.342 e. The van der Waals surface area contributed by atoms with Crippen LogP contribution in [0.5, 0.6) is 10.3 Å². The van der Waals surface area contributed by atoms with Gasteiger partial charge in [-0.2, -0.15) is 0 Å². The van der Waals surface area contributed by atoms with E-state index in [1.165, 1.54) is 12.3 Å². The molecule has 0 atom stereocenters. The van der Waals surface area contributed by atoms with Gasteiger partial charge in [-0.05, 0) is 17.5 Å². The van der Waals surface area contributed by atoms with E-state index >= 15 is 0 Å². The SMILES string of the molecule is O=S(=O)(Oc1cccs1)Oc1nccs1. The van der Waals surface area contributed by atoms with Crippen LogP contribution in [-0.4, -0.2) is 13.4 Å². The van der Waals surface area contributed by atoms with Crippen molar-refractivity contribution < 1.29 is 16.8 Å². The maximum absolute atomic E-state index is 11.3. The lowest BCUT2D eigenvalue weighted by Crippen LogP contribution is -2.15. The van der Waals surface area contributed by atoms with Crippen LogP contribution < -0.4 is 8.37 Å². The number of hydrogen-bond donors (Lipinski definition) is 0. The third kappa shape index (κ3) is 2.91. The summed E-state index contributed by atoms with van der Waals surface area (Å²) in [5.74, 6) is 0. The van der Waals surface area contributed by atoms with Gasteiger partial charge >= 0.3 is 10.4 Å². The third-order valence-corrected chi connectivity index (χ3v) is 3.61. The molecule has 0 aliphatic carbocycles. The first kappa shape index (κ1) is 10.4. The van der Waals surface area contributed by atoms with E-state index in [9.17, 15) is 8.42 Å². The largest absolute Gasteiger partial charge is 0.503 e. The van der Waals surface area contributed by atoms with Gasteiger partial charge < -0.3 is 8.37 Å². The van der Waals surface area contributed by atoms with Gasteiger partial charge in [-0.25, -0.2) is 4.98 Å². The van der Waals surface area contributed by atoms with Crippen LogP contribution in [0.3, 0.4) is 0 Å². The van der Waals surface area contributed by atoms with E-state index in [0.29, 0.717) is 0 Å². The lowest BCUT2D eigenvalue weighted by Gasteiger charge is -2.02. The third-order valence-electron chi connectivity index (χ3n) is 1.26. The fourth-order valence-electron chi connectivity index (χ4n) is 0.767. The maximum Gasteiger partial charge on any atom is 0.503 e. The van der Waals surface area contributed by atoms with E-state index in [2.05, 4.69) is 13.4 Å². The Labute approximate surface area is 94.3 Å². The van der Waals surface area contributed by atoms with E-state index in [1.54, 1.807) is 16.8 Å². The van der Waals surface area contributed by atoms with Crippen LogP contribution in [0.1, 0.15) is 0 Å². The maximum atomic E-state index is 11.3. The minimum absolute atomic E-state index is 0.0338. The van der Waals surface area contributed by atoms with Crippen LogP contribution in [0.25, 0.3) is 0 Å². The Morgan fingerprint density at radius 2 is 2.07 bits per heavy atom. The second kappa shape index (κ2) is 4.17. The highest BCUT2D eigenvalue weighted by Gasteiger charge is 2.17. The van der Waals surface area contributed by atoms with Gasteiger partial charge in [-0.1, -0.05) is 11.3 Å². The van der Waals surface area contributed by atoms with Crippen molar-refractivity contribution >= 4 is 33.1 Å². The summed E-state index contributed by atoms with van der Waals surface area (Å²) >= 11 is 2.24. The van der Waals surface area contributed by atoms with Crippen LogP contribution in [0.2, 0.25) is 0 Å². The Hall–Kier alpha value is -1.12. The summed E-state index contributed by atoms with van der Waals surface area (Å²) in [6.07, 6.45) is 1.45. The zero-order chi connectivity index (χ0) is 10.7. The predicted molar refractivity (Wildman–Crippen MR) is 56.6 cm³/mol. The second-order valence-corrected chi connectivity index (χ2v) is 5.22. The van der Waals surface area contributed by atoms with Gasteiger partial charge in [0.1, 0.15) is 0 Å². The van der Waals surface area contributed by atoms with Crippen molar-refractivity contribution in [3.63, 3.8) is 0 Å². The molecule has 0 spiro atoms. The number of thiazole rings is 1. The Balaban J connectivity index is 2.08. The molecule has 2 aromatic heterocycles. The Morgan fingerprint density at radius 3 is 2.67 bits per heavy atom. The highest BCUT2D eigenvalue weighted by atomic mass is 32.3. The van der Waals surface area contributed by atoms with Crippen molar-refractivity contribution in [1.82, 2.24) is 4.98 Å². The van der Waals surface area contributed by atoms with Crippen LogP contribution >= 0.6 is 22.7 Å². The van der Waals surface area contributed by atoms with Gasteiger partial charge in [0.25, 0.3) is 5.19 Å². The quantitative estimate of drug-likeness (QED) is 0.843. The van der Waals surface area contributed by atoms with Gasteiger partial charge in [-0.3, -0.25) is 0 Å². The molecule has 0 aromatic carbocycles. The molecule has 0 radical (unpaired) electrons. The van der Waals surface area contributed by atoms with Crippen molar-refractivity contribution in [1.29, 1.82) is 0 Å². The first-order valence-corrected chi connectivity index (χ1v) is 6.82. The van der Waals surface area contributed by atoms with E-state index in [4.69, 9.17) is 0 Å². The molecule has 8 heteroatoms.